The van der Waals surface area contributed by atoms with E-state index in [2.05, 4.69) is 5.32 Å². The van der Waals surface area contributed by atoms with Crippen LogP contribution in [-0.4, -0.2) is 24.7 Å². The Morgan fingerprint density at radius 2 is 2.00 bits per heavy atom. The summed E-state index contributed by atoms with van der Waals surface area (Å²) >= 11 is 3.02. The fraction of sp³-hybridized carbons (Fsp3) is 0.250. The molecule has 6 heteroatoms. The lowest BCUT2D eigenvalue weighted by Gasteiger charge is -2.27. The van der Waals surface area contributed by atoms with Crippen LogP contribution in [0.4, 0.5) is 0 Å². The molecular formula is C20H21NO3S2. The first-order valence-electron chi connectivity index (χ1n) is 8.30. The summed E-state index contributed by atoms with van der Waals surface area (Å²) in [5, 5.41) is 19.9. The standard InChI is InChI=1S/C20H21NO3S2/c1-24-17-7-4-15(5-8-17)6-9-19(22)21-14-20(23,16-10-12-25-13-16)18-3-2-11-26-18/h2-5,7-8,10-13,23H,6,9,14H2,1H3,(H,21,22)/t20-/m0/s1. The van der Waals surface area contributed by atoms with E-state index in [1.807, 2.05) is 58.6 Å². The van der Waals surface area contributed by atoms with Crippen molar-refractivity contribution >= 4 is 28.6 Å². The molecular weight excluding hydrogens is 366 g/mol. The van der Waals surface area contributed by atoms with Crippen LogP contribution in [0.5, 0.6) is 5.75 Å². The van der Waals surface area contributed by atoms with Crippen molar-refractivity contribution in [3.63, 3.8) is 0 Å². The van der Waals surface area contributed by atoms with Crippen molar-refractivity contribution in [1.82, 2.24) is 5.32 Å². The maximum atomic E-state index is 12.3. The quantitative estimate of drug-likeness (QED) is 0.618. The molecule has 0 aliphatic heterocycles. The number of hydrogen-bond donors (Lipinski definition) is 2. The molecule has 1 atom stereocenters. The first kappa shape index (κ1) is 18.6. The fourth-order valence-electron chi connectivity index (χ4n) is 2.71. The highest BCUT2D eigenvalue weighted by Crippen LogP contribution is 2.33. The SMILES string of the molecule is COc1ccc(CCC(=O)NC[C@](O)(c2ccsc2)c2cccs2)cc1. The average molecular weight is 388 g/mol. The van der Waals surface area contributed by atoms with Crippen molar-refractivity contribution in [3.8, 4) is 5.75 Å². The molecule has 0 saturated heterocycles. The van der Waals surface area contributed by atoms with Gasteiger partial charge in [-0.25, -0.2) is 0 Å². The zero-order valence-electron chi connectivity index (χ0n) is 14.5. The Bertz CT molecular complexity index is 777. The smallest absolute Gasteiger partial charge is 0.220 e. The van der Waals surface area contributed by atoms with E-state index in [1.165, 1.54) is 22.7 Å². The molecule has 2 heterocycles. The molecule has 3 aromatic rings. The van der Waals surface area contributed by atoms with Crippen molar-refractivity contribution in [2.45, 2.75) is 18.4 Å². The maximum Gasteiger partial charge on any atom is 0.220 e. The lowest BCUT2D eigenvalue weighted by Crippen LogP contribution is -2.41. The molecule has 2 aromatic heterocycles. The summed E-state index contributed by atoms with van der Waals surface area (Å²) in [6, 6.07) is 13.4. The van der Waals surface area contributed by atoms with Gasteiger partial charge in [-0.05, 0) is 52.4 Å². The van der Waals surface area contributed by atoms with E-state index in [0.717, 1.165) is 21.8 Å². The first-order chi connectivity index (χ1) is 12.6. The molecule has 0 saturated carbocycles. The van der Waals surface area contributed by atoms with Gasteiger partial charge in [0.05, 0.1) is 13.7 Å². The third-order valence-corrected chi connectivity index (χ3v) is 5.97. The Hall–Kier alpha value is -2.15. The fourth-order valence-corrected chi connectivity index (χ4v) is 4.28. The second kappa shape index (κ2) is 8.49. The Morgan fingerprint density at radius 3 is 2.62 bits per heavy atom. The van der Waals surface area contributed by atoms with Gasteiger partial charge in [0.2, 0.25) is 5.91 Å². The predicted octanol–water partition coefficient (Wildman–Crippen LogP) is 3.80. The van der Waals surface area contributed by atoms with Crippen molar-refractivity contribution in [2.24, 2.45) is 0 Å². The van der Waals surface area contributed by atoms with Crippen molar-refractivity contribution in [1.29, 1.82) is 0 Å². The normalized spacial score (nSPS) is 13.2. The Balaban J connectivity index is 1.59. The molecule has 2 N–H and O–H groups in total. The van der Waals surface area contributed by atoms with Crippen LogP contribution in [0.15, 0.2) is 58.6 Å². The van der Waals surface area contributed by atoms with E-state index < -0.39 is 5.60 Å². The minimum absolute atomic E-state index is 0.0778. The number of benzene rings is 1. The second-order valence-corrected chi connectivity index (χ2v) is 7.70. The number of methoxy groups -OCH3 is 1. The topological polar surface area (TPSA) is 58.6 Å². The van der Waals surface area contributed by atoms with Crippen LogP contribution >= 0.6 is 22.7 Å². The number of amides is 1. The number of aliphatic hydroxyl groups is 1. The van der Waals surface area contributed by atoms with Crippen LogP contribution in [0.25, 0.3) is 0 Å². The summed E-state index contributed by atoms with van der Waals surface area (Å²) in [5.41, 5.74) is 0.692. The van der Waals surface area contributed by atoms with Crippen LogP contribution in [0, 0.1) is 0 Å². The van der Waals surface area contributed by atoms with E-state index in [1.54, 1.807) is 7.11 Å². The zero-order chi connectivity index (χ0) is 18.4. The van der Waals surface area contributed by atoms with Gasteiger partial charge in [-0.1, -0.05) is 18.2 Å². The highest BCUT2D eigenvalue weighted by molar-refractivity contribution is 7.10. The van der Waals surface area contributed by atoms with Crippen molar-refractivity contribution in [3.05, 3.63) is 74.6 Å². The summed E-state index contributed by atoms with van der Waals surface area (Å²) in [5.74, 6) is 0.723. The van der Waals surface area contributed by atoms with Gasteiger partial charge in [-0.2, -0.15) is 11.3 Å². The minimum Gasteiger partial charge on any atom is -0.497 e. The molecule has 0 unspecified atom stereocenters. The van der Waals surface area contributed by atoms with E-state index >= 15 is 0 Å². The van der Waals surface area contributed by atoms with Gasteiger partial charge >= 0.3 is 0 Å². The first-order valence-corrected chi connectivity index (χ1v) is 10.1. The molecule has 1 aromatic carbocycles. The Labute approximate surface area is 161 Å². The number of carbonyl (C=O) groups is 1. The largest absolute Gasteiger partial charge is 0.497 e. The number of ether oxygens (including phenoxy) is 1. The molecule has 4 nitrogen and oxygen atoms in total. The monoisotopic (exact) mass is 387 g/mol. The summed E-state index contributed by atoms with van der Waals surface area (Å²) in [6.07, 6.45) is 1.02. The van der Waals surface area contributed by atoms with Crippen molar-refractivity contribution in [2.75, 3.05) is 13.7 Å². The molecule has 0 fully saturated rings. The van der Waals surface area contributed by atoms with Crippen LogP contribution in [0.3, 0.4) is 0 Å². The molecule has 0 spiro atoms. The number of nitrogens with one attached hydrogen (secondary N) is 1. The Kier molecular flexibility index (Phi) is 6.08. The highest BCUT2D eigenvalue weighted by atomic mass is 32.1. The lowest BCUT2D eigenvalue weighted by atomic mass is 9.94. The van der Waals surface area contributed by atoms with E-state index in [0.29, 0.717) is 12.8 Å². The summed E-state index contributed by atoms with van der Waals surface area (Å²) < 4.78 is 5.14. The molecule has 26 heavy (non-hydrogen) atoms. The van der Waals surface area contributed by atoms with Crippen LogP contribution in [0.1, 0.15) is 22.4 Å². The van der Waals surface area contributed by atoms with Gasteiger partial charge in [0, 0.05) is 16.9 Å². The van der Waals surface area contributed by atoms with E-state index in [4.69, 9.17) is 4.74 Å². The van der Waals surface area contributed by atoms with E-state index in [-0.39, 0.29) is 12.5 Å². The molecule has 1 amide bonds. The second-order valence-electron chi connectivity index (χ2n) is 5.97. The zero-order valence-corrected chi connectivity index (χ0v) is 16.1. The summed E-state index contributed by atoms with van der Waals surface area (Å²) in [7, 11) is 1.63. The van der Waals surface area contributed by atoms with Gasteiger partial charge in [-0.3, -0.25) is 4.79 Å². The van der Waals surface area contributed by atoms with Gasteiger partial charge in [-0.15, -0.1) is 11.3 Å². The minimum atomic E-state index is -1.19. The third-order valence-electron chi connectivity index (χ3n) is 4.27. The number of aryl methyl sites for hydroxylation is 1. The van der Waals surface area contributed by atoms with Gasteiger partial charge in [0.15, 0.2) is 0 Å². The highest BCUT2D eigenvalue weighted by Gasteiger charge is 2.33. The number of carbonyl (C=O) groups excluding carboxylic acids is 1. The predicted molar refractivity (Wildman–Crippen MR) is 106 cm³/mol. The Morgan fingerprint density at radius 1 is 1.19 bits per heavy atom. The molecule has 0 bridgehead atoms. The number of thiophene rings is 2. The molecule has 0 aliphatic rings. The average Bonchev–Trinajstić information content (AvgIpc) is 3.39. The summed E-state index contributed by atoms with van der Waals surface area (Å²) in [4.78, 5) is 13.1. The van der Waals surface area contributed by atoms with Gasteiger partial charge in [0.1, 0.15) is 11.4 Å². The summed E-state index contributed by atoms with van der Waals surface area (Å²) in [6.45, 7) is 0.158. The van der Waals surface area contributed by atoms with Crippen LogP contribution in [-0.2, 0) is 16.8 Å². The third kappa shape index (κ3) is 4.33. The molecule has 0 radical (unpaired) electrons. The van der Waals surface area contributed by atoms with Gasteiger partial charge < -0.3 is 15.2 Å². The number of rotatable bonds is 8. The maximum absolute atomic E-state index is 12.3. The van der Waals surface area contributed by atoms with Crippen LogP contribution in [0.2, 0.25) is 0 Å². The van der Waals surface area contributed by atoms with E-state index in [9.17, 15) is 9.90 Å². The van der Waals surface area contributed by atoms with Crippen molar-refractivity contribution < 1.29 is 14.6 Å². The number of hydrogen-bond acceptors (Lipinski definition) is 5. The van der Waals surface area contributed by atoms with Gasteiger partial charge in [0.25, 0.3) is 0 Å². The molecule has 0 aliphatic carbocycles. The molecule has 136 valence electrons. The molecule has 3 rings (SSSR count). The lowest BCUT2D eigenvalue weighted by molar-refractivity contribution is -0.122. The van der Waals surface area contributed by atoms with Crippen LogP contribution < -0.4 is 10.1 Å².